The van der Waals surface area contributed by atoms with E-state index in [0.29, 0.717) is 11.4 Å². The van der Waals surface area contributed by atoms with Crippen LogP contribution in [0.15, 0.2) is 53.4 Å². The lowest BCUT2D eigenvalue weighted by Gasteiger charge is -2.08. The van der Waals surface area contributed by atoms with Crippen molar-refractivity contribution in [2.45, 2.75) is 18.7 Å². The molecule has 0 unspecified atom stereocenters. The molecule has 0 amide bonds. The first-order chi connectivity index (χ1) is 9.47. The normalized spacial score (nSPS) is 11.3. The lowest BCUT2D eigenvalue weighted by Crippen LogP contribution is -2.15. The highest BCUT2D eigenvalue weighted by molar-refractivity contribution is 7.91. The van der Waals surface area contributed by atoms with Crippen LogP contribution in [0, 0.1) is 13.8 Å². The Kier molecular flexibility index (Phi) is 4.45. The molecule has 3 nitrogen and oxygen atoms in total. The maximum atomic E-state index is 12.1. The van der Waals surface area contributed by atoms with E-state index in [0.717, 1.165) is 11.3 Å². The van der Waals surface area contributed by atoms with Crippen molar-refractivity contribution >= 4 is 15.5 Å². The minimum Gasteiger partial charge on any atom is -0.384 e. The van der Waals surface area contributed by atoms with E-state index in [4.69, 9.17) is 0 Å². The Balaban J connectivity index is 1.96. The topological polar surface area (TPSA) is 46.2 Å². The van der Waals surface area contributed by atoms with Crippen LogP contribution in [-0.4, -0.2) is 20.7 Å². The van der Waals surface area contributed by atoms with Crippen molar-refractivity contribution < 1.29 is 8.42 Å². The fourth-order valence-corrected chi connectivity index (χ4v) is 3.02. The largest absolute Gasteiger partial charge is 0.384 e. The molecule has 0 aromatic heterocycles. The fraction of sp³-hybridized carbons (Fsp3) is 0.250. The molecule has 2 aromatic rings. The van der Waals surface area contributed by atoms with Crippen molar-refractivity contribution in [1.29, 1.82) is 0 Å². The number of aryl methyl sites for hydroxylation is 2. The Morgan fingerprint density at radius 3 is 1.90 bits per heavy atom. The number of benzene rings is 2. The number of rotatable bonds is 5. The second kappa shape index (κ2) is 6.09. The van der Waals surface area contributed by atoms with E-state index in [2.05, 4.69) is 5.32 Å². The second-order valence-corrected chi connectivity index (χ2v) is 7.03. The molecule has 0 atom stereocenters. The van der Waals surface area contributed by atoms with Crippen LogP contribution in [-0.2, 0) is 9.84 Å². The summed E-state index contributed by atoms with van der Waals surface area (Å²) in [6, 6.07) is 14.9. The Morgan fingerprint density at radius 2 is 1.35 bits per heavy atom. The molecule has 2 aromatic carbocycles. The summed E-state index contributed by atoms with van der Waals surface area (Å²) < 4.78 is 24.3. The summed E-state index contributed by atoms with van der Waals surface area (Å²) in [5.41, 5.74) is 3.18. The van der Waals surface area contributed by atoms with Crippen molar-refractivity contribution in [2.24, 2.45) is 0 Å². The third-order valence-corrected chi connectivity index (χ3v) is 4.86. The summed E-state index contributed by atoms with van der Waals surface area (Å²) in [5, 5.41) is 3.13. The van der Waals surface area contributed by atoms with Gasteiger partial charge in [-0.15, -0.1) is 0 Å². The Morgan fingerprint density at radius 1 is 0.850 bits per heavy atom. The van der Waals surface area contributed by atoms with Crippen LogP contribution >= 0.6 is 0 Å². The van der Waals surface area contributed by atoms with Gasteiger partial charge in [0.15, 0.2) is 9.84 Å². The summed E-state index contributed by atoms with van der Waals surface area (Å²) in [7, 11) is -3.22. The van der Waals surface area contributed by atoms with E-state index in [1.807, 2.05) is 50.2 Å². The maximum absolute atomic E-state index is 12.1. The van der Waals surface area contributed by atoms with Crippen LogP contribution in [0.2, 0.25) is 0 Å². The van der Waals surface area contributed by atoms with Gasteiger partial charge in [0.1, 0.15) is 0 Å². The van der Waals surface area contributed by atoms with Gasteiger partial charge in [-0.2, -0.15) is 0 Å². The molecule has 4 heteroatoms. The van der Waals surface area contributed by atoms with Crippen molar-refractivity contribution in [3.05, 3.63) is 59.7 Å². The van der Waals surface area contributed by atoms with Gasteiger partial charge >= 0.3 is 0 Å². The molecule has 0 saturated heterocycles. The molecule has 0 aliphatic carbocycles. The molecule has 0 fully saturated rings. The van der Waals surface area contributed by atoms with Gasteiger partial charge in [0.05, 0.1) is 10.6 Å². The molecule has 0 radical (unpaired) electrons. The van der Waals surface area contributed by atoms with Gasteiger partial charge in [0.2, 0.25) is 0 Å². The quantitative estimate of drug-likeness (QED) is 0.919. The Bertz CT molecular complexity index is 659. The molecule has 2 rings (SSSR count). The average Bonchev–Trinajstić information content (AvgIpc) is 2.41. The predicted molar refractivity (Wildman–Crippen MR) is 82.9 cm³/mol. The van der Waals surface area contributed by atoms with Crippen LogP contribution in [0.5, 0.6) is 0 Å². The molecule has 106 valence electrons. The average molecular weight is 289 g/mol. The number of hydrogen-bond donors (Lipinski definition) is 1. The number of hydrogen-bond acceptors (Lipinski definition) is 3. The van der Waals surface area contributed by atoms with Crippen molar-refractivity contribution in [3.8, 4) is 0 Å². The molecule has 20 heavy (non-hydrogen) atoms. The fourth-order valence-electron chi connectivity index (χ4n) is 1.86. The number of anilines is 1. The molecule has 0 heterocycles. The van der Waals surface area contributed by atoms with Gasteiger partial charge < -0.3 is 5.32 Å². The number of nitrogens with one attached hydrogen (secondary N) is 1. The van der Waals surface area contributed by atoms with Gasteiger partial charge in [-0.05, 0) is 38.1 Å². The van der Waals surface area contributed by atoms with Gasteiger partial charge in [-0.1, -0.05) is 35.4 Å². The zero-order valence-corrected chi connectivity index (χ0v) is 12.6. The summed E-state index contributed by atoms with van der Waals surface area (Å²) in [6.07, 6.45) is 0. The van der Waals surface area contributed by atoms with E-state index in [-0.39, 0.29) is 5.75 Å². The highest BCUT2D eigenvalue weighted by Gasteiger charge is 2.13. The van der Waals surface area contributed by atoms with Gasteiger partial charge in [-0.3, -0.25) is 0 Å². The molecule has 0 spiro atoms. The Hall–Kier alpha value is -1.81. The smallest absolute Gasteiger partial charge is 0.180 e. The molecular formula is C16H19NO2S. The first-order valence-corrected chi connectivity index (χ1v) is 8.22. The van der Waals surface area contributed by atoms with Crippen LogP contribution in [0.4, 0.5) is 5.69 Å². The van der Waals surface area contributed by atoms with Crippen molar-refractivity contribution in [2.75, 3.05) is 17.6 Å². The SMILES string of the molecule is Cc1ccc(NCCS(=O)(=O)c2ccc(C)cc2)cc1. The Labute approximate surface area is 120 Å². The number of sulfone groups is 1. The van der Waals surface area contributed by atoms with Crippen molar-refractivity contribution in [3.63, 3.8) is 0 Å². The van der Waals surface area contributed by atoms with Gasteiger partial charge in [-0.25, -0.2) is 8.42 Å². The van der Waals surface area contributed by atoms with Crippen LogP contribution in [0.3, 0.4) is 0 Å². The summed E-state index contributed by atoms with van der Waals surface area (Å²) >= 11 is 0. The summed E-state index contributed by atoms with van der Waals surface area (Å²) in [6.45, 7) is 4.36. The predicted octanol–water partition coefficient (Wildman–Crippen LogP) is 3.19. The standard InChI is InChI=1S/C16H19NO2S/c1-13-3-7-15(8-4-13)17-11-12-20(18,19)16-9-5-14(2)6-10-16/h3-10,17H,11-12H2,1-2H3. The maximum Gasteiger partial charge on any atom is 0.180 e. The molecule has 0 aliphatic heterocycles. The van der Waals surface area contributed by atoms with Gasteiger partial charge in [0, 0.05) is 12.2 Å². The van der Waals surface area contributed by atoms with Crippen molar-refractivity contribution in [1.82, 2.24) is 0 Å². The zero-order chi connectivity index (χ0) is 14.6. The minimum absolute atomic E-state index is 0.0872. The lowest BCUT2D eigenvalue weighted by molar-refractivity contribution is 0.596. The highest BCUT2D eigenvalue weighted by Crippen LogP contribution is 2.13. The molecular weight excluding hydrogens is 270 g/mol. The minimum atomic E-state index is -3.22. The third kappa shape index (κ3) is 3.84. The monoisotopic (exact) mass is 289 g/mol. The molecule has 0 bridgehead atoms. The van der Waals surface area contributed by atoms with E-state index in [1.165, 1.54) is 5.56 Å². The molecule has 1 N–H and O–H groups in total. The summed E-state index contributed by atoms with van der Waals surface area (Å²) in [5.74, 6) is 0.0872. The van der Waals surface area contributed by atoms with Crippen LogP contribution in [0.25, 0.3) is 0 Å². The lowest BCUT2D eigenvalue weighted by atomic mass is 10.2. The summed E-state index contributed by atoms with van der Waals surface area (Å²) in [4.78, 5) is 0.383. The molecule has 0 saturated carbocycles. The third-order valence-electron chi connectivity index (χ3n) is 3.13. The second-order valence-electron chi connectivity index (χ2n) is 4.92. The van der Waals surface area contributed by atoms with E-state index in [9.17, 15) is 8.42 Å². The van der Waals surface area contributed by atoms with E-state index < -0.39 is 9.84 Å². The van der Waals surface area contributed by atoms with Gasteiger partial charge in [0.25, 0.3) is 0 Å². The first kappa shape index (κ1) is 14.6. The molecule has 0 aliphatic rings. The first-order valence-electron chi connectivity index (χ1n) is 6.57. The highest BCUT2D eigenvalue weighted by atomic mass is 32.2. The van der Waals surface area contributed by atoms with Crippen LogP contribution in [0.1, 0.15) is 11.1 Å². The van der Waals surface area contributed by atoms with E-state index in [1.54, 1.807) is 12.1 Å². The zero-order valence-electron chi connectivity index (χ0n) is 11.8. The van der Waals surface area contributed by atoms with E-state index >= 15 is 0 Å². The van der Waals surface area contributed by atoms with Crippen LogP contribution < -0.4 is 5.32 Å².